The van der Waals surface area contributed by atoms with Crippen LogP contribution in [-0.4, -0.2) is 57.7 Å². The first-order chi connectivity index (χ1) is 7.49. The number of carbonyl (C=O) groups excluding carboxylic acids is 1. The molecule has 1 aliphatic carbocycles. The lowest BCUT2D eigenvalue weighted by molar-refractivity contribution is -0.140. The normalized spacial score (nSPS) is 23.9. The van der Waals surface area contributed by atoms with Crippen molar-refractivity contribution in [3.05, 3.63) is 0 Å². The van der Waals surface area contributed by atoms with Gasteiger partial charge in [0.25, 0.3) is 0 Å². The third-order valence-electron chi connectivity index (χ3n) is 2.74. The van der Waals surface area contributed by atoms with Gasteiger partial charge in [-0.1, -0.05) is 0 Å². The van der Waals surface area contributed by atoms with Crippen LogP contribution in [-0.2, 0) is 9.59 Å². The predicted molar refractivity (Wildman–Crippen MR) is 51.4 cm³/mol. The maximum atomic E-state index is 11.5. The summed E-state index contributed by atoms with van der Waals surface area (Å²) in [4.78, 5) is 22.0. The summed E-state index contributed by atoms with van der Waals surface area (Å²) in [5, 5.41) is 37.7. The van der Waals surface area contributed by atoms with Crippen LogP contribution in [0.5, 0.6) is 0 Å². The molecule has 1 amide bonds. The molecule has 1 saturated carbocycles. The molecule has 0 unspecified atom stereocenters. The Labute approximate surface area is 91.7 Å². The fraction of sp³-hybridized carbons (Fsp3) is 0.778. The molecule has 0 heterocycles. The predicted octanol–water partition coefficient (Wildman–Crippen LogP) is -2.46. The molecule has 0 bridgehead atoms. The van der Waals surface area contributed by atoms with Crippen molar-refractivity contribution in [3.63, 3.8) is 0 Å². The van der Waals surface area contributed by atoms with Crippen molar-refractivity contribution in [1.82, 2.24) is 5.32 Å². The first-order valence-electron chi connectivity index (χ1n) is 4.87. The maximum Gasteiger partial charge on any atom is 0.307 e. The summed E-state index contributed by atoms with van der Waals surface area (Å²) in [6, 6.07) is 0. The van der Waals surface area contributed by atoms with Gasteiger partial charge in [0.2, 0.25) is 5.91 Å². The summed E-state index contributed by atoms with van der Waals surface area (Å²) in [5.41, 5.74) is -1.48. The van der Waals surface area contributed by atoms with Gasteiger partial charge >= 0.3 is 5.97 Å². The number of carboxylic acid groups (broad SMARTS) is 1. The highest BCUT2D eigenvalue weighted by atomic mass is 16.4. The van der Waals surface area contributed by atoms with E-state index in [0.29, 0.717) is 0 Å². The second-order valence-corrected chi connectivity index (χ2v) is 4.03. The summed E-state index contributed by atoms with van der Waals surface area (Å²) in [6.07, 6.45) is 0.250. The molecule has 0 aromatic heterocycles. The van der Waals surface area contributed by atoms with Gasteiger partial charge in [0.05, 0.1) is 31.7 Å². The molecule has 7 nitrogen and oxygen atoms in total. The smallest absolute Gasteiger partial charge is 0.307 e. The molecule has 1 aliphatic rings. The Morgan fingerprint density at radius 3 is 1.94 bits per heavy atom. The van der Waals surface area contributed by atoms with E-state index in [1.807, 2.05) is 0 Å². The van der Waals surface area contributed by atoms with Crippen LogP contribution in [0.25, 0.3) is 0 Å². The highest BCUT2D eigenvalue weighted by Crippen LogP contribution is 2.38. The van der Waals surface area contributed by atoms with Crippen LogP contribution in [0.15, 0.2) is 0 Å². The summed E-state index contributed by atoms with van der Waals surface area (Å²) >= 11 is 0. The Hall–Kier alpha value is -1.18. The zero-order valence-corrected chi connectivity index (χ0v) is 8.59. The van der Waals surface area contributed by atoms with Crippen molar-refractivity contribution >= 4 is 11.9 Å². The van der Waals surface area contributed by atoms with Gasteiger partial charge in [0.1, 0.15) is 5.54 Å². The summed E-state index contributed by atoms with van der Waals surface area (Å²) in [5.74, 6) is -2.94. The molecule has 16 heavy (non-hydrogen) atoms. The second-order valence-electron chi connectivity index (χ2n) is 4.03. The lowest BCUT2D eigenvalue weighted by Gasteiger charge is -2.28. The van der Waals surface area contributed by atoms with Crippen LogP contribution in [0.2, 0.25) is 0 Å². The fourth-order valence-corrected chi connectivity index (χ4v) is 1.38. The average molecular weight is 233 g/mol. The van der Waals surface area contributed by atoms with Crippen molar-refractivity contribution in [3.8, 4) is 0 Å². The Bertz CT molecular complexity index is 279. The van der Waals surface area contributed by atoms with Gasteiger partial charge in [-0.25, -0.2) is 0 Å². The maximum absolute atomic E-state index is 11.5. The van der Waals surface area contributed by atoms with E-state index in [2.05, 4.69) is 5.32 Å². The Morgan fingerprint density at radius 2 is 1.62 bits per heavy atom. The Kier molecular flexibility index (Phi) is 3.84. The van der Waals surface area contributed by atoms with E-state index < -0.39 is 49.1 Å². The number of rotatable bonds is 6. The highest BCUT2D eigenvalue weighted by Gasteiger charge is 2.49. The number of aliphatic carboxylic acids is 1. The fourth-order valence-electron chi connectivity index (χ4n) is 1.38. The zero-order chi connectivity index (χ0) is 12.3. The molecule has 5 N–H and O–H groups in total. The first kappa shape index (κ1) is 12.9. The summed E-state index contributed by atoms with van der Waals surface area (Å²) in [7, 11) is 0. The SMILES string of the molecule is O=C(O)[C@H]1C[C@H]1C(=O)NC(CO)(CO)CO. The molecular weight excluding hydrogens is 218 g/mol. The van der Waals surface area contributed by atoms with E-state index in [-0.39, 0.29) is 6.42 Å². The molecule has 0 radical (unpaired) electrons. The van der Waals surface area contributed by atoms with Crippen LogP contribution >= 0.6 is 0 Å². The minimum Gasteiger partial charge on any atom is -0.481 e. The number of aliphatic hydroxyl groups is 3. The van der Waals surface area contributed by atoms with Gasteiger partial charge in [-0.15, -0.1) is 0 Å². The quantitative estimate of drug-likeness (QED) is 0.346. The molecular formula is C9H15NO6. The monoisotopic (exact) mass is 233 g/mol. The third kappa shape index (κ3) is 2.49. The minimum atomic E-state index is -1.48. The van der Waals surface area contributed by atoms with E-state index in [1.54, 1.807) is 0 Å². The van der Waals surface area contributed by atoms with Gasteiger partial charge in [-0.2, -0.15) is 0 Å². The van der Waals surface area contributed by atoms with Gasteiger partial charge in [0.15, 0.2) is 0 Å². The largest absolute Gasteiger partial charge is 0.481 e. The molecule has 0 aliphatic heterocycles. The van der Waals surface area contributed by atoms with E-state index in [9.17, 15) is 9.59 Å². The molecule has 0 aromatic carbocycles. The van der Waals surface area contributed by atoms with Crippen LogP contribution in [0, 0.1) is 11.8 Å². The highest BCUT2D eigenvalue weighted by molar-refractivity contribution is 5.89. The molecule has 0 saturated heterocycles. The Morgan fingerprint density at radius 1 is 1.12 bits per heavy atom. The molecule has 0 aromatic rings. The number of carboxylic acids is 1. The van der Waals surface area contributed by atoms with Gasteiger partial charge in [-0.05, 0) is 6.42 Å². The lowest BCUT2D eigenvalue weighted by atomic mass is 10.0. The van der Waals surface area contributed by atoms with E-state index in [4.69, 9.17) is 20.4 Å². The number of amides is 1. The average Bonchev–Trinajstić information content (AvgIpc) is 3.06. The summed E-state index contributed by atoms with van der Waals surface area (Å²) in [6.45, 7) is -1.84. The van der Waals surface area contributed by atoms with Crippen molar-refractivity contribution in [2.24, 2.45) is 11.8 Å². The van der Waals surface area contributed by atoms with Gasteiger partial charge in [-0.3, -0.25) is 9.59 Å². The molecule has 1 rings (SSSR count). The molecule has 7 heteroatoms. The van der Waals surface area contributed by atoms with Crippen LogP contribution in [0.3, 0.4) is 0 Å². The number of hydrogen-bond acceptors (Lipinski definition) is 5. The van der Waals surface area contributed by atoms with Gasteiger partial charge in [0, 0.05) is 0 Å². The van der Waals surface area contributed by atoms with Crippen LogP contribution < -0.4 is 5.32 Å². The lowest BCUT2D eigenvalue weighted by Crippen LogP contribution is -2.57. The van der Waals surface area contributed by atoms with Crippen molar-refractivity contribution in [2.45, 2.75) is 12.0 Å². The first-order valence-corrected chi connectivity index (χ1v) is 4.87. The minimum absolute atomic E-state index is 0.250. The number of aliphatic hydroxyl groups excluding tert-OH is 3. The van der Waals surface area contributed by atoms with Crippen LogP contribution in [0.1, 0.15) is 6.42 Å². The van der Waals surface area contributed by atoms with E-state index >= 15 is 0 Å². The van der Waals surface area contributed by atoms with Crippen LogP contribution in [0.4, 0.5) is 0 Å². The van der Waals surface area contributed by atoms with E-state index in [0.717, 1.165) is 0 Å². The summed E-state index contributed by atoms with van der Waals surface area (Å²) < 4.78 is 0. The van der Waals surface area contributed by atoms with Crippen molar-refractivity contribution in [2.75, 3.05) is 19.8 Å². The van der Waals surface area contributed by atoms with Crippen molar-refractivity contribution < 1.29 is 30.0 Å². The zero-order valence-electron chi connectivity index (χ0n) is 8.59. The molecule has 0 spiro atoms. The standard InChI is InChI=1S/C9H15NO6/c11-2-9(3-12,4-13)10-7(14)5-1-6(5)8(15)16/h5-6,11-13H,1-4H2,(H,10,14)(H,15,16)/t5-,6+/m1/s1. The number of nitrogens with one attached hydrogen (secondary N) is 1. The molecule has 1 fully saturated rings. The van der Waals surface area contributed by atoms with Crippen molar-refractivity contribution in [1.29, 1.82) is 0 Å². The number of carbonyl (C=O) groups is 2. The second kappa shape index (κ2) is 4.77. The Balaban J connectivity index is 2.54. The number of hydrogen-bond donors (Lipinski definition) is 5. The third-order valence-corrected chi connectivity index (χ3v) is 2.74. The topological polar surface area (TPSA) is 127 Å². The molecule has 2 atom stereocenters. The van der Waals surface area contributed by atoms with Gasteiger partial charge < -0.3 is 25.7 Å². The van der Waals surface area contributed by atoms with E-state index in [1.165, 1.54) is 0 Å². The molecule has 92 valence electrons.